The highest BCUT2D eigenvalue weighted by molar-refractivity contribution is 7.20. The van der Waals surface area contributed by atoms with Crippen LogP contribution in [0.15, 0.2) is 42.5 Å². The Balaban J connectivity index is 1.64. The molecule has 156 valence electrons. The van der Waals surface area contributed by atoms with Crippen molar-refractivity contribution in [2.24, 2.45) is 0 Å². The van der Waals surface area contributed by atoms with Gasteiger partial charge < -0.3 is 10.1 Å². The van der Waals surface area contributed by atoms with Crippen molar-refractivity contribution in [3.8, 4) is 10.9 Å². The first kappa shape index (κ1) is 19.2. The van der Waals surface area contributed by atoms with Crippen LogP contribution >= 0.6 is 11.3 Å². The van der Waals surface area contributed by atoms with E-state index in [4.69, 9.17) is 4.74 Å². The van der Waals surface area contributed by atoms with E-state index < -0.39 is 4.92 Å². The minimum absolute atomic E-state index is 0.00445. The van der Waals surface area contributed by atoms with Gasteiger partial charge in [0, 0.05) is 30.0 Å². The quantitative estimate of drug-likeness (QED) is 0.380. The summed E-state index contributed by atoms with van der Waals surface area (Å²) in [6.07, 6.45) is 0.192. The maximum absolute atomic E-state index is 12.6. The Hall–Kier alpha value is -3.79. The van der Waals surface area contributed by atoms with Crippen molar-refractivity contribution in [1.29, 1.82) is 0 Å². The maximum Gasteiger partial charge on any atom is 0.269 e. The van der Waals surface area contributed by atoms with Gasteiger partial charge in [-0.1, -0.05) is 23.5 Å². The summed E-state index contributed by atoms with van der Waals surface area (Å²) in [5, 5.41) is 19.4. The molecular weight excluding hydrogens is 418 g/mol. The summed E-state index contributed by atoms with van der Waals surface area (Å²) in [6.45, 7) is 1.87. The van der Waals surface area contributed by atoms with Crippen LogP contribution in [0.1, 0.15) is 29.2 Å². The number of aromatic nitrogens is 3. The highest BCUT2D eigenvalue weighted by Crippen LogP contribution is 2.41. The van der Waals surface area contributed by atoms with Crippen LogP contribution in [0.25, 0.3) is 15.3 Å². The van der Waals surface area contributed by atoms with Crippen molar-refractivity contribution in [3.05, 3.63) is 69.4 Å². The molecule has 0 bridgehead atoms. The number of fused-ring (bicyclic) bond motifs is 2. The van der Waals surface area contributed by atoms with Gasteiger partial charge in [0.1, 0.15) is 11.6 Å². The number of nitrogens with one attached hydrogen (secondary N) is 1. The average molecular weight is 435 g/mol. The molecule has 1 atom stereocenters. The molecule has 0 spiro atoms. The van der Waals surface area contributed by atoms with Gasteiger partial charge >= 0.3 is 0 Å². The molecule has 2 aromatic heterocycles. The van der Waals surface area contributed by atoms with Crippen LogP contribution in [0.3, 0.4) is 0 Å². The normalized spacial score (nSPS) is 15.5. The van der Waals surface area contributed by atoms with E-state index in [1.54, 1.807) is 23.9 Å². The van der Waals surface area contributed by atoms with Gasteiger partial charge in [0.2, 0.25) is 11.0 Å². The number of rotatable bonds is 4. The van der Waals surface area contributed by atoms with Crippen LogP contribution in [0.4, 0.5) is 11.5 Å². The molecule has 3 heterocycles. The van der Waals surface area contributed by atoms with Crippen molar-refractivity contribution in [1.82, 2.24) is 14.8 Å². The molecule has 0 saturated heterocycles. The number of nitro benzene ring substituents is 1. The first-order valence-electron chi connectivity index (χ1n) is 9.53. The largest absolute Gasteiger partial charge is 0.497 e. The van der Waals surface area contributed by atoms with E-state index in [9.17, 15) is 14.9 Å². The smallest absolute Gasteiger partial charge is 0.269 e. The zero-order chi connectivity index (χ0) is 21.7. The standard InChI is InChI=1S/C21H17N5O4S/c1-11-19-15(12-4-3-5-13(8-12)26(28)29)10-18(27)23-20(19)25(24-11)21-22-16-7-6-14(30-2)9-17(16)31-21/h3-9,15H,10H2,1-2H3,(H,23,27)/t15-/m0/s1. The molecule has 2 aromatic carbocycles. The highest BCUT2D eigenvalue weighted by atomic mass is 32.1. The van der Waals surface area contributed by atoms with Crippen LogP contribution in [0, 0.1) is 17.0 Å². The van der Waals surface area contributed by atoms with Gasteiger partial charge in [-0.3, -0.25) is 14.9 Å². The lowest BCUT2D eigenvalue weighted by Gasteiger charge is -2.24. The van der Waals surface area contributed by atoms with E-state index >= 15 is 0 Å². The fourth-order valence-electron chi connectivity index (χ4n) is 3.94. The fourth-order valence-corrected chi connectivity index (χ4v) is 4.89. The molecule has 4 aromatic rings. The van der Waals surface area contributed by atoms with Gasteiger partial charge in [0.15, 0.2) is 0 Å². The Kier molecular flexibility index (Phi) is 4.44. The first-order chi connectivity index (χ1) is 14.9. The number of nitrogens with zero attached hydrogens (tertiary/aromatic N) is 4. The van der Waals surface area contributed by atoms with E-state index in [2.05, 4.69) is 15.4 Å². The molecule has 0 radical (unpaired) electrons. The van der Waals surface area contributed by atoms with E-state index in [0.29, 0.717) is 16.5 Å². The number of amides is 1. The van der Waals surface area contributed by atoms with Crippen LogP contribution < -0.4 is 10.1 Å². The van der Waals surface area contributed by atoms with Gasteiger partial charge in [-0.05, 0) is 30.7 Å². The summed E-state index contributed by atoms with van der Waals surface area (Å²) in [7, 11) is 1.61. The Morgan fingerprint density at radius 3 is 2.90 bits per heavy atom. The number of ether oxygens (including phenoxy) is 1. The summed E-state index contributed by atoms with van der Waals surface area (Å²) < 4.78 is 7.87. The number of aryl methyl sites for hydroxylation is 1. The molecule has 31 heavy (non-hydrogen) atoms. The number of anilines is 1. The number of non-ortho nitro benzene ring substituents is 1. The fraction of sp³-hybridized carbons (Fsp3) is 0.190. The first-order valence-corrected chi connectivity index (χ1v) is 10.3. The van der Waals surface area contributed by atoms with Crippen LogP contribution in [0.5, 0.6) is 5.75 Å². The van der Waals surface area contributed by atoms with Crippen molar-refractivity contribution >= 4 is 39.0 Å². The van der Waals surface area contributed by atoms with Crippen molar-refractivity contribution in [2.45, 2.75) is 19.3 Å². The van der Waals surface area contributed by atoms with Gasteiger partial charge in [-0.15, -0.1) is 0 Å². The molecule has 0 unspecified atom stereocenters. The monoisotopic (exact) mass is 435 g/mol. The third kappa shape index (κ3) is 3.21. The second-order valence-corrected chi connectivity index (χ2v) is 8.26. The highest BCUT2D eigenvalue weighted by Gasteiger charge is 2.33. The van der Waals surface area contributed by atoms with Gasteiger partial charge in [-0.2, -0.15) is 9.78 Å². The summed E-state index contributed by atoms with van der Waals surface area (Å²) in [5.74, 6) is 0.788. The molecule has 1 amide bonds. The van der Waals surface area contributed by atoms with Crippen molar-refractivity contribution in [2.75, 3.05) is 12.4 Å². The molecule has 1 aliphatic rings. The number of benzene rings is 2. The number of nitro groups is 1. The SMILES string of the molecule is COc1ccc2nc(-n3nc(C)c4c3NC(=O)C[C@H]4c3cccc([N+](=O)[O-])c3)sc2c1. The summed E-state index contributed by atoms with van der Waals surface area (Å²) in [4.78, 5) is 28.0. The Morgan fingerprint density at radius 1 is 1.29 bits per heavy atom. The number of carbonyl (C=O) groups is 1. The minimum atomic E-state index is -0.432. The number of thiazole rings is 1. The second-order valence-electron chi connectivity index (χ2n) is 7.25. The predicted octanol–water partition coefficient (Wildman–Crippen LogP) is 4.18. The molecule has 5 rings (SSSR count). The number of hydrogen-bond acceptors (Lipinski definition) is 7. The molecular formula is C21H17N5O4S. The lowest BCUT2D eigenvalue weighted by Crippen LogP contribution is -2.25. The number of methoxy groups -OCH3 is 1. The topological polar surface area (TPSA) is 112 Å². The Morgan fingerprint density at radius 2 is 2.13 bits per heavy atom. The van der Waals surface area contributed by atoms with E-state index in [-0.39, 0.29) is 23.9 Å². The van der Waals surface area contributed by atoms with Crippen LogP contribution in [-0.2, 0) is 4.79 Å². The van der Waals surface area contributed by atoms with E-state index in [1.165, 1.54) is 23.5 Å². The van der Waals surface area contributed by atoms with Crippen molar-refractivity contribution < 1.29 is 14.5 Å². The lowest BCUT2D eigenvalue weighted by atomic mass is 9.85. The van der Waals surface area contributed by atoms with Crippen molar-refractivity contribution in [3.63, 3.8) is 0 Å². The molecule has 1 aliphatic heterocycles. The Labute approximate surface area is 180 Å². The second kappa shape index (κ2) is 7.17. The zero-order valence-corrected chi connectivity index (χ0v) is 17.5. The lowest BCUT2D eigenvalue weighted by molar-refractivity contribution is -0.384. The third-order valence-electron chi connectivity index (χ3n) is 5.35. The summed E-state index contributed by atoms with van der Waals surface area (Å²) >= 11 is 1.44. The molecule has 10 heteroatoms. The average Bonchev–Trinajstić information content (AvgIpc) is 3.33. The summed E-state index contributed by atoms with van der Waals surface area (Å²) in [5.41, 5.74) is 3.09. The Bertz CT molecular complexity index is 1360. The molecule has 0 aliphatic carbocycles. The molecule has 9 nitrogen and oxygen atoms in total. The maximum atomic E-state index is 12.6. The van der Waals surface area contributed by atoms with Crippen LogP contribution in [0.2, 0.25) is 0 Å². The zero-order valence-electron chi connectivity index (χ0n) is 16.7. The minimum Gasteiger partial charge on any atom is -0.497 e. The van der Waals surface area contributed by atoms with Gasteiger partial charge in [-0.25, -0.2) is 4.98 Å². The van der Waals surface area contributed by atoms with E-state index in [1.807, 2.05) is 25.1 Å². The predicted molar refractivity (Wildman–Crippen MR) is 116 cm³/mol. The van der Waals surface area contributed by atoms with Crippen LogP contribution in [-0.4, -0.2) is 32.7 Å². The van der Waals surface area contributed by atoms with E-state index in [0.717, 1.165) is 27.2 Å². The van der Waals surface area contributed by atoms with Gasteiger partial charge in [0.05, 0.1) is 27.9 Å². The van der Waals surface area contributed by atoms with Gasteiger partial charge in [0.25, 0.3) is 5.69 Å². The molecule has 0 saturated carbocycles. The summed E-state index contributed by atoms with van der Waals surface area (Å²) in [6, 6.07) is 12.0. The molecule has 1 N–H and O–H groups in total. The number of hydrogen-bond donors (Lipinski definition) is 1. The molecule has 0 fully saturated rings. The third-order valence-corrected chi connectivity index (χ3v) is 6.35. The number of carbonyl (C=O) groups excluding carboxylic acids is 1.